The zero-order valence-electron chi connectivity index (χ0n) is 7.27. The van der Waals surface area contributed by atoms with Crippen molar-refractivity contribution in [2.24, 2.45) is 5.73 Å². The van der Waals surface area contributed by atoms with E-state index in [2.05, 4.69) is 0 Å². The number of carboxylic acids is 1. The molecule has 0 saturated carbocycles. The highest BCUT2D eigenvalue weighted by Gasteiger charge is 2.14. The third-order valence-electron chi connectivity index (χ3n) is 1.80. The Labute approximate surface area is 85.9 Å². The van der Waals surface area contributed by atoms with Crippen molar-refractivity contribution in [2.75, 3.05) is 0 Å². The summed E-state index contributed by atoms with van der Waals surface area (Å²) in [5, 5.41) is 18.4. The van der Waals surface area contributed by atoms with Crippen LogP contribution in [0.2, 0.25) is 5.02 Å². The van der Waals surface area contributed by atoms with Gasteiger partial charge >= 0.3 is 5.97 Å². The lowest BCUT2D eigenvalue weighted by Crippen LogP contribution is -2.32. The molecule has 0 aliphatic carbocycles. The number of phenols is 1. The van der Waals surface area contributed by atoms with Gasteiger partial charge in [-0.15, -0.1) is 0 Å². The van der Waals surface area contributed by atoms with Gasteiger partial charge in [-0.3, -0.25) is 4.79 Å². The number of carboxylic acid groups (broad SMARTS) is 1. The van der Waals surface area contributed by atoms with Crippen molar-refractivity contribution < 1.29 is 15.0 Å². The van der Waals surface area contributed by atoms with Crippen LogP contribution >= 0.6 is 11.6 Å². The first-order valence-electron chi connectivity index (χ1n) is 3.96. The van der Waals surface area contributed by atoms with Crippen molar-refractivity contribution in [1.29, 1.82) is 0 Å². The highest BCUT2D eigenvalue weighted by atomic mass is 35.5. The summed E-state index contributed by atoms with van der Waals surface area (Å²) in [5.74, 6) is -1.10. The molecule has 14 heavy (non-hydrogen) atoms. The molecule has 0 radical (unpaired) electrons. The zero-order valence-corrected chi connectivity index (χ0v) is 8.03. The number of carbonyl (C=O) groups is 1. The maximum Gasteiger partial charge on any atom is 0.320 e. The second kappa shape index (κ2) is 4.30. The molecule has 1 unspecified atom stereocenters. The average molecular weight is 216 g/mol. The second-order valence-electron chi connectivity index (χ2n) is 2.92. The summed E-state index contributed by atoms with van der Waals surface area (Å²) in [7, 11) is 0. The molecule has 0 aliphatic heterocycles. The van der Waals surface area contributed by atoms with Crippen molar-refractivity contribution in [3.63, 3.8) is 0 Å². The fourth-order valence-electron chi connectivity index (χ4n) is 1.04. The van der Waals surface area contributed by atoms with Gasteiger partial charge in [0.05, 0.1) is 0 Å². The number of hydrogen-bond acceptors (Lipinski definition) is 3. The number of halogens is 1. The number of phenolic OH excluding ortho intramolecular Hbond substituents is 1. The van der Waals surface area contributed by atoms with Crippen molar-refractivity contribution in [1.82, 2.24) is 0 Å². The minimum absolute atomic E-state index is 0.00565. The topological polar surface area (TPSA) is 83.5 Å². The molecule has 0 aromatic heterocycles. The van der Waals surface area contributed by atoms with Gasteiger partial charge < -0.3 is 15.9 Å². The Morgan fingerprint density at radius 1 is 1.57 bits per heavy atom. The summed E-state index contributed by atoms with van der Waals surface area (Å²) >= 11 is 5.68. The Hall–Kier alpha value is -1.26. The largest absolute Gasteiger partial charge is 0.508 e. The van der Waals surface area contributed by atoms with Gasteiger partial charge in [0, 0.05) is 11.4 Å². The predicted molar refractivity (Wildman–Crippen MR) is 52.4 cm³/mol. The van der Waals surface area contributed by atoms with Crippen molar-refractivity contribution in [3.05, 3.63) is 28.8 Å². The highest BCUT2D eigenvalue weighted by Crippen LogP contribution is 2.22. The van der Waals surface area contributed by atoms with Gasteiger partial charge in [0.15, 0.2) is 0 Å². The van der Waals surface area contributed by atoms with Crippen LogP contribution in [0.15, 0.2) is 18.2 Å². The molecule has 0 heterocycles. The second-order valence-corrected chi connectivity index (χ2v) is 3.36. The maximum atomic E-state index is 10.5. The summed E-state index contributed by atoms with van der Waals surface area (Å²) in [5.41, 5.74) is 5.75. The summed E-state index contributed by atoms with van der Waals surface area (Å²) in [6, 6.07) is 3.40. The fraction of sp³-hybridized carbons (Fsp3) is 0.222. The van der Waals surface area contributed by atoms with Crippen LogP contribution in [-0.4, -0.2) is 22.2 Å². The van der Waals surface area contributed by atoms with Crippen molar-refractivity contribution in [2.45, 2.75) is 12.5 Å². The fourth-order valence-corrected chi connectivity index (χ4v) is 1.24. The van der Waals surface area contributed by atoms with Crippen LogP contribution in [0.4, 0.5) is 0 Å². The van der Waals surface area contributed by atoms with Crippen LogP contribution < -0.4 is 5.73 Å². The lowest BCUT2D eigenvalue weighted by Gasteiger charge is -2.08. The third kappa shape index (κ3) is 2.61. The summed E-state index contributed by atoms with van der Waals surface area (Å²) in [4.78, 5) is 10.5. The van der Waals surface area contributed by atoms with E-state index in [4.69, 9.17) is 22.4 Å². The Kier molecular flexibility index (Phi) is 3.33. The van der Waals surface area contributed by atoms with Crippen LogP contribution in [0.25, 0.3) is 0 Å². The van der Waals surface area contributed by atoms with Crippen molar-refractivity contribution in [3.8, 4) is 5.75 Å². The first kappa shape index (κ1) is 10.8. The molecule has 4 nitrogen and oxygen atoms in total. The molecule has 0 fully saturated rings. The monoisotopic (exact) mass is 215 g/mol. The van der Waals surface area contributed by atoms with Crippen LogP contribution in [0.5, 0.6) is 5.75 Å². The van der Waals surface area contributed by atoms with E-state index in [1.807, 2.05) is 0 Å². The average Bonchev–Trinajstić information content (AvgIpc) is 2.11. The van der Waals surface area contributed by atoms with Gasteiger partial charge in [0.25, 0.3) is 0 Å². The summed E-state index contributed by atoms with van der Waals surface area (Å²) in [6.45, 7) is 0. The molecule has 0 spiro atoms. The molecule has 0 bridgehead atoms. The van der Waals surface area contributed by atoms with Gasteiger partial charge in [0.2, 0.25) is 0 Å². The predicted octanol–water partition coefficient (Wildman–Crippen LogP) is 1.00. The summed E-state index contributed by atoms with van der Waals surface area (Å²) in [6.07, 6.45) is 0.0573. The standard InChI is InChI=1S/C9H10ClNO3/c10-6-1-2-8(12)5(3-6)4-7(11)9(13)14/h1-3,7,12H,4,11H2,(H,13,14). The lowest BCUT2D eigenvalue weighted by molar-refractivity contribution is -0.138. The minimum Gasteiger partial charge on any atom is -0.508 e. The molecule has 76 valence electrons. The SMILES string of the molecule is NC(Cc1cc(Cl)ccc1O)C(=O)O. The molecule has 1 rings (SSSR count). The van der Waals surface area contributed by atoms with Gasteiger partial charge in [-0.05, 0) is 23.8 Å². The van der Waals surface area contributed by atoms with E-state index in [1.54, 1.807) is 0 Å². The smallest absolute Gasteiger partial charge is 0.320 e. The number of aliphatic carboxylic acids is 1. The molecule has 4 N–H and O–H groups in total. The lowest BCUT2D eigenvalue weighted by atomic mass is 10.1. The zero-order chi connectivity index (χ0) is 10.7. The number of aromatic hydroxyl groups is 1. The van der Waals surface area contributed by atoms with E-state index in [-0.39, 0.29) is 12.2 Å². The van der Waals surface area contributed by atoms with Crippen LogP contribution in [0, 0.1) is 0 Å². The Morgan fingerprint density at radius 2 is 2.21 bits per heavy atom. The molecule has 0 amide bonds. The van der Waals surface area contributed by atoms with Gasteiger partial charge in [-0.2, -0.15) is 0 Å². The number of rotatable bonds is 3. The molecule has 0 aliphatic rings. The van der Waals surface area contributed by atoms with E-state index in [0.717, 1.165) is 0 Å². The maximum absolute atomic E-state index is 10.5. The van der Waals surface area contributed by atoms with Crippen LogP contribution in [0.1, 0.15) is 5.56 Å². The molecule has 1 aromatic carbocycles. The number of benzene rings is 1. The first-order valence-corrected chi connectivity index (χ1v) is 4.34. The van der Waals surface area contributed by atoms with E-state index < -0.39 is 12.0 Å². The normalized spacial score (nSPS) is 12.4. The van der Waals surface area contributed by atoms with Crippen LogP contribution in [-0.2, 0) is 11.2 Å². The number of hydrogen-bond donors (Lipinski definition) is 3. The molecule has 5 heteroatoms. The van der Waals surface area contributed by atoms with Gasteiger partial charge in [0.1, 0.15) is 11.8 Å². The first-order chi connectivity index (χ1) is 6.50. The van der Waals surface area contributed by atoms with Crippen LogP contribution in [0.3, 0.4) is 0 Å². The molecular formula is C9H10ClNO3. The Balaban J connectivity index is 2.85. The molecular weight excluding hydrogens is 206 g/mol. The van der Waals surface area contributed by atoms with Crippen molar-refractivity contribution >= 4 is 17.6 Å². The molecule has 1 aromatic rings. The van der Waals surface area contributed by atoms with Gasteiger partial charge in [-0.1, -0.05) is 11.6 Å². The van der Waals surface area contributed by atoms with E-state index >= 15 is 0 Å². The number of nitrogens with two attached hydrogens (primary N) is 1. The minimum atomic E-state index is -1.11. The summed E-state index contributed by atoms with van der Waals surface area (Å²) < 4.78 is 0. The molecule has 0 saturated heterocycles. The third-order valence-corrected chi connectivity index (χ3v) is 2.03. The highest BCUT2D eigenvalue weighted by molar-refractivity contribution is 6.30. The quantitative estimate of drug-likeness (QED) is 0.703. The Morgan fingerprint density at radius 3 is 2.79 bits per heavy atom. The molecule has 1 atom stereocenters. The van der Waals surface area contributed by atoms with E-state index in [1.165, 1.54) is 18.2 Å². The van der Waals surface area contributed by atoms with E-state index in [9.17, 15) is 9.90 Å². The van der Waals surface area contributed by atoms with Gasteiger partial charge in [-0.25, -0.2) is 0 Å². The van der Waals surface area contributed by atoms with E-state index in [0.29, 0.717) is 10.6 Å². The Bertz CT molecular complexity index is 354.